The zero-order chi connectivity index (χ0) is 9.26. The number of hydrogen-bond donors (Lipinski definition) is 0. The predicted molar refractivity (Wildman–Crippen MR) is 51.7 cm³/mol. The summed E-state index contributed by atoms with van der Waals surface area (Å²) in [7, 11) is 0. The van der Waals surface area contributed by atoms with Crippen molar-refractivity contribution in [3.63, 3.8) is 0 Å². The normalized spacial score (nSPS) is 13.0. The van der Waals surface area contributed by atoms with Crippen LogP contribution in [0.2, 0.25) is 0 Å². The highest BCUT2D eigenvalue weighted by molar-refractivity contribution is 9.09. The first-order valence-corrected chi connectivity index (χ1v) is 4.68. The summed E-state index contributed by atoms with van der Waals surface area (Å²) < 4.78 is 5.03. The van der Waals surface area contributed by atoms with Crippen molar-refractivity contribution in [2.24, 2.45) is 0 Å². The van der Waals surface area contributed by atoms with Gasteiger partial charge in [0.25, 0.3) is 0 Å². The summed E-state index contributed by atoms with van der Waals surface area (Å²) in [6.45, 7) is 0. The molecule has 0 spiro atoms. The van der Waals surface area contributed by atoms with Gasteiger partial charge in [0.1, 0.15) is 16.8 Å². The zero-order valence-corrected chi connectivity index (χ0v) is 8.19. The van der Waals surface area contributed by atoms with Gasteiger partial charge in [0.05, 0.1) is 0 Å². The number of aromatic nitrogens is 1. The highest BCUT2D eigenvalue weighted by atomic mass is 79.9. The lowest BCUT2D eigenvalue weighted by atomic mass is 10.2. The number of halogens is 1. The van der Waals surface area contributed by atoms with Crippen molar-refractivity contribution in [1.29, 1.82) is 0 Å². The van der Waals surface area contributed by atoms with Crippen LogP contribution in [-0.4, -0.2) is 11.4 Å². The summed E-state index contributed by atoms with van der Waals surface area (Å²) in [5.41, 5.74) is 1.33. The lowest BCUT2D eigenvalue weighted by Crippen LogP contribution is -1.90. The molecule has 0 saturated heterocycles. The first-order valence-electron chi connectivity index (χ1n) is 3.76. The van der Waals surface area contributed by atoms with Crippen LogP contribution in [0.25, 0.3) is 11.0 Å². The van der Waals surface area contributed by atoms with Crippen LogP contribution in [0, 0.1) is 0 Å². The van der Waals surface area contributed by atoms with E-state index in [9.17, 15) is 4.79 Å². The van der Waals surface area contributed by atoms with Crippen molar-refractivity contribution in [2.45, 2.75) is 4.83 Å². The number of hydrogen-bond acceptors (Lipinski definition) is 3. The van der Waals surface area contributed by atoms with Gasteiger partial charge in [0, 0.05) is 5.39 Å². The van der Waals surface area contributed by atoms with E-state index in [0.717, 1.165) is 11.7 Å². The number of carbonyl (C=O) groups excluding carboxylic acids is 1. The van der Waals surface area contributed by atoms with Crippen molar-refractivity contribution in [2.75, 3.05) is 0 Å². The van der Waals surface area contributed by atoms with Crippen molar-refractivity contribution < 1.29 is 9.32 Å². The zero-order valence-electron chi connectivity index (χ0n) is 6.61. The van der Waals surface area contributed by atoms with Gasteiger partial charge in [-0.25, -0.2) is 0 Å². The van der Waals surface area contributed by atoms with Gasteiger partial charge in [-0.15, -0.1) is 0 Å². The molecule has 0 aliphatic rings. The number of alkyl halides is 1. The van der Waals surface area contributed by atoms with Crippen LogP contribution in [0.4, 0.5) is 0 Å². The molecule has 1 aromatic carbocycles. The molecule has 1 atom stereocenters. The average molecular weight is 240 g/mol. The van der Waals surface area contributed by atoms with Gasteiger partial charge >= 0.3 is 0 Å². The summed E-state index contributed by atoms with van der Waals surface area (Å²) in [6.07, 6.45) is 0.782. The Balaban J connectivity index is 2.64. The molecule has 0 radical (unpaired) electrons. The van der Waals surface area contributed by atoms with Gasteiger partial charge in [0.15, 0.2) is 5.58 Å². The van der Waals surface area contributed by atoms with E-state index in [0.29, 0.717) is 11.3 Å². The Morgan fingerprint density at radius 1 is 1.46 bits per heavy atom. The lowest BCUT2D eigenvalue weighted by Gasteiger charge is -1.94. The Bertz CT molecular complexity index is 438. The summed E-state index contributed by atoms with van der Waals surface area (Å²) in [5, 5.41) is 4.68. The first-order chi connectivity index (χ1) is 6.33. The molecule has 13 heavy (non-hydrogen) atoms. The highest BCUT2D eigenvalue weighted by Gasteiger charge is 2.14. The standard InChI is InChI=1S/C9H6BrNO2/c10-7(5-12)9-6-3-1-2-4-8(6)13-11-9/h1-5,7H. The van der Waals surface area contributed by atoms with E-state index in [1.54, 1.807) is 0 Å². The predicted octanol–water partition coefficient (Wildman–Crippen LogP) is 2.46. The van der Waals surface area contributed by atoms with Gasteiger partial charge in [-0.1, -0.05) is 33.2 Å². The maximum atomic E-state index is 10.5. The van der Waals surface area contributed by atoms with Crippen LogP contribution >= 0.6 is 15.9 Å². The Hall–Kier alpha value is -1.16. The van der Waals surface area contributed by atoms with Gasteiger partial charge in [-0.05, 0) is 12.1 Å². The number of para-hydroxylation sites is 1. The molecule has 1 heterocycles. The largest absolute Gasteiger partial charge is 0.356 e. The number of benzene rings is 1. The second kappa shape index (κ2) is 3.30. The molecule has 0 fully saturated rings. The Morgan fingerprint density at radius 2 is 2.23 bits per heavy atom. The van der Waals surface area contributed by atoms with Gasteiger partial charge < -0.3 is 9.32 Å². The van der Waals surface area contributed by atoms with Gasteiger partial charge in [0.2, 0.25) is 0 Å². The number of carbonyl (C=O) groups is 1. The Morgan fingerprint density at radius 3 is 3.00 bits per heavy atom. The average Bonchev–Trinajstić information content (AvgIpc) is 2.60. The molecule has 2 aromatic rings. The number of fused-ring (bicyclic) bond motifs is 1. The maximum Gasteiger partial charge on any atom is 0.167 e. The Kier molecular flexibility index (Phi) is 2.14. The molecule has 66 valence electrons. The van der Waals surface area contributed by atoms with E-state index < -0.39 is 4.83 Å². The third-order valence-corrected chi connectivity index (χ3v) is 2.44. The topological polar surface area (TPSA) is 43.1 Å². The van der Waals surface area contributed by atoms with E-state index in [1.807, 2.05) is 24.3 Å². The minimum absolute atomic E-state index is 0.392. The fraction of sp³-hybridized carbons (Fsp3) is 0.111. The van der Waals surface area contributed by atoms with Crippen molar-refractivity contribution >= 4 is 33.2 Å². The molecule has 1 unspecified atom stereocenters. The smallest absolute Gasteiger partial charge is 0.167 e. The van der Waals surface area contributed by atoms with Crippen LogP contribution in [0.5, 0.6) is 0 Å². The second-order valence-corrected chi connectivity index (χ2v) is 3.59. The minimum Gasteiger partial charge on any atom is -0.356 e. The minimum atomic E-state index is -0.392. The third-order valence-electron chi connectivity index (χ3n) is 1.79. The molecule has 2 rings (SSSR count). The van der Waals surface area contributed by atoms with Crippen LogP contribution in [0.1, 0.15) is 10.5 Å². The molecule has 0 aliphatic heterocycles. The maximum absolute atomic E-state index is 10.5. The van der Waals surface area contributed by atoms with Crippen molar-refractivity contribution in [3.8, 4) is 0 Å². The monoisotopic (exact) mass is 239 g/mol. The molecular weight excluding hydrogens is 234 g/mol. The lowest BCUT2D eigenvalue weighted by molar-refractivity contribution is -0.107. The Labute approximate surface area is 82.8 Å². The van der Waals surface area contributed by atoms with Crippen molar-refractivity contribution in [1.82, 2.24) is 5.16 Å². The molecule has 3 nitrogen and oxygen atoms in total. The van der Waals surface area contributed by atoms with Crippen LogP contribution < -0.4 is 0 Å². The van der Waals surface area contributed by atoms with E-state index in [4.69, 9.17) is 4.52 Å². The van der Waals surface area contributed by atoms with E-state index in [-0.39, 0.29) is 0 Å². The SMILES string of the molecule is O=CC(Br)c1noc2ccccc12. The molecule has 0 saturated carbocycles. The summed E-state index contributed by atoms with van der Waals surface area (Å²) in [5.74, 6) is 0. The molecule has 1 aromatic heterocycles. The number of rotatable bonds is 2. The summed E-state index contributed by atoms with van der Waals surface area (Å²) in [4.78, 5) is 10.1. The molecule has 0 bridgehead atoms. The molecular formula is C9H6BrNO2. The highest BCUT2D eigenvalue weighted by Crippen LogP contribution is 2.27. The fourth-order valence-electron chi connectivity index (χ4n) is 1.17. The summed E-state index contributed by atoms with van der Waals surface area (Å²) in [6, 6.07) is 7.43. The van der Waals surface area contributed by atoms with E-state index in [1.165, 1.54) is 0 Å². The van der Waals surface area contributed by atoms with E-state index >= 15 is 0 Å². The van der Waals surface area contributed by atoms with Crippen LogP contribution in [0.3, 0.4) is 0 Å². The van der Waals surface area contributed by atoms with Crippen LogP contribution in [-0.2, 0) is 4.79 Å². The van der Waals surface area contributed by atoms with E-state index in [2.05, 4.69) is 21.1 Å². The number of nitrogens with zero attached hydrogens (tertiary/aromatic N) is 1. The quantitative estimate of drug-likeness (QED) is 0.598. The van der Waals surface area contributed by atoms with Gasteiger partial charge in [-0.3, -0.25) is 0 Å². The summed E-state index contributed by atoms with van der Waals surface area (Å²) >= 11 is 3.19. The molecule has 0 aliphatic carbocycles. The van der Waals surface area contributed by atoms with Crippen molar-refractivity contribution in [3.05, 3.63) is 30.0 Å². The number of aldehydes is 1. The fourth-order valence-corrected chi connectivity index (χ4v) is 1.50. The van der Waals surface area contributed by atoms with Crippen LogP contribution in [0.15, 0.2) is 28.8 Å². The molecule has 0 amide bonds. The third kappa shape index (κ3) is 1.37. The first kappa shape index (κ1) is 8.44. The second-order valence-electron chi connectivity index (χ2n) is 2.60. The molecule has 0 N–H and O–H groups in total. The van der Waals surface area contributed by atoms with Gasteiger partial charge in [-0.2, -0.15) is 0 Å². The molecule has 4 heteroatoms.